The second kappa shape index (κ2) is 8.51. The molecule has 0 atom stereocenters. The molecular formula is C19H19N3O7S. The third-order valence-electron chi connectivity index (χ3n) is 4.46. The molecule has 0 bridgehead atoms. The summed E-state index contributed by atoms with van der Waals surface area (Å²) in [4.78, 5) is 22.1. The maximum Gasteiger partial charge on any atom is 0.325 e. The van der Waals surface area contributed by atoms with Crippen LogP contribution in [0.3, 0.4) is 0 Å². The number of esters is 1. The molecule has 0 fully saturated rings. The standard InChI is InChI=1S/C19H19N3O7S/c1-28-15-5-3-4-13(8-15)10-20-30(26,27)18-11-21(12-19(23)29-2)17-7-6-14(22(24)25)9-16(17)18/h3-9,11,20H,10,12H2,1-2H3. The van der Waals surface area contributed by atoms with E-state index in [9.17, 15) is 23.3 Å². The molecule has 2 aromatic carbocycles. The van der Waals surface area contributed by atoms with E-state index < -0.39 is 20.9 Å². The van der Waals surface area contributed by atoms with Gasteiger partial charge in [0, 0.05) is 30.3 Å². The summed E-state index contributed by atoms with van der Waals surface area (Å²) in [5.41, 5.74) is 0.762. The smallest absolute Gasteiger partial charge is 0.325 e. The molecule has 0 spiro atoms. The number of rotatable bonds is 8. The number of aromatic nitrogens is 1. The molecule has 1 aromatic heterocycles. The molecular weight excluding hydrogens is 414 g/mol. The Balaban J connectivity index is 2.01. The maximum atomic E-state index is 13.0. The molecule has 0 unspecified atom stereocenters. The molecule has 1 heterocycles. The lowest BCUT2D eigenvalue weighted by Gasteiger charge is -2.07. The van der Waals surface area contributed by atoms with E-state index in [0.29, 0.717) is 16.8 Å². The molecule has 3 rings (SSSR count). The minimum absolute atomic E-state index is 0.0157. The van der Waals surface area contributed by atoms with Gasteiger partial charge in [0.2, 0.25) is 10.0 Å². The van der Waals surface area contributed by atoms with Crippen LogP contribution in [0.25, 0.3) is 10.9 Å². The predicted molar refractivity (Wildman–Crippen MR) is 108 cm³/mol. The summed E-state index contributed by atoms with van der Waals surface area (Å²) in [5, 5.41) is 11.3. The minimum atomic E-state index is -4.06. The lowest BCUT2D eigenvalue weighted by molar-refractivity contribution is -0.384. The van der Waals surface area contributed by atoms with Gasteiger partial charge < -0.3 is 14.0 Å². The number of fused-ring (bicyclic) bond motifs is 1. The summed E-state index contributed by atoms with van der Waals surface area (Å²) in [6.45, 7) is -0.256. The first kappa shape index (κ1) is 21.3. The molecule has 0 saturated heterocycles. The number of nitro benzene ring substituents is 1. The number of methoxy groups -OCH3 is 2. The molecule has 11 heteroatoms. The van der Waals surface area contributed by atoms with Crippen molar-refractivity contribution in [3.63, 3.8) is 0 Å². The number of carbonyl (C=O) groups is 1. The van der Waals surface area contributed by atoms with E-state index in [-0.39, 0.29) is 29.1 Å². The van der Waals surface area contributed by atoms with Crippen LogP contribution >= 0.6 is 0 Å². The van der Waals surface area contributed by atoms with Gasteiger partial charge in [-0.3, -0.25) is 14.9 Å². The first-order valence-electron chi connectivity index (χ1n) is 8.72. The number of nitrogens with zero attached hydrogens (tertiary/aromatic N) is 2. The van der Waals surface area contributed by atoms with Gasteiger partial charge in [-0.1, -0.05) is 12.1 Å². The normalized spacial score (nSPS) is 11.4. The van der Waals surface area contributed by atoms with E-state index in [1.54, 1.807) is 24.3 Å². The number of benzene rings is 2. The average Bonchev–Trinajstić information content (AvgIpc) is 3.11. The van der Waals surface area contributed by atoms with Gasteiger partial charge in [0.15, 0.2) is 0 Å². The summed E-state index contributed by atoms with van der Waals surface area (Å²) in [6, 6.07) is 10.7. The molecule has 30 heavy (non-hydrogen) atoms. The van der Waals surface area contributed by atoms with Crippen molar-refractivity contribution in [1.82, 2.24) is 9.29 Å². The first-order valence-corrected chi connectivity index (χ1v) is 10.2. The zero-order valence-corrected chi connectivity index (χ0v) is 17.0. The summed E-state index contributed by atoms with van der Waals surface area (Å²) in [7, 11) is -1.33. The van der Waals surface area contributed by atoms with E-state index >= 15 is 0 Å². The van der Waals surface area contributed by atoms with Crippen molar-refractivity contribution in [2.45, 2.75) is 18.0 Å². The fraction of sp³-hybridized carbons (Fsp3) is 0.211. The van der Waals surface area contributed by atoms with Crippen molar-refractivity contribution in [3.8, 4) is 5.75 Å². The first-order chi connectivity index (χ1) is 14.2. The van der Waals surface area contributed by atoms with Crippen molar-refractivity contribution >= 4 is 32.6 Å². The molecule has 0 aliphatic heterocycles. The van der Waals surface area contributed by atoms with Gasteiger partial charge >= 0.3 is 5.97 Å². The predicted octanol–water partition coefficient (Wildman–Crippen LogP) is 2.21. The van der Waals surface area contributed by atoms with Crippen LogP contribution in [0.4, 0.5) is 5.69 Å². The topological polar surface area (TPSA) is 130 Å². The van der Waals surface area contributed by atoms with E-state index in [0.717, 1.165) is 0 Å². The van der Waals surface area contributed by atoms with E-state index in [1.807, 2.05) is 0 Å². The van der Waals surface area contributed by atoms with E-state index in [1.165, 1.54) is 43.2 Å². The van der Waals surface area contributed by atoms with Gasteiger partial charge in [-0.2, -0.15) is 0 Å². The Morgan fingerprint density at radius 1 is 1.20 bits per heavy atom. The molecule has 0 amide bonds. The number of ether oxygens (including phenoxy) is 2. The average molecular weight is 433 g/mol. The summed E-state index contributed by atoms with van der Waals surface area (Å²) < 4.78 is 39.6. The highest BCUT2D eigenvalue weighted by Crippen LogP contribution is 2.29. The number of carbonyl (C=O) groups excluding carboxylic acids is 1. The largest absolute Gasteiger partial charge is 0.497 e. The zero-order chi connectivity index (χ0) is 21.9. The second-order valence-corrected chi connectivity index (χ2v) is 8.07. The Hall–Kier alpha value is -3.44. The lowest BCUT2D eigenvalue weighted by Crippen LogP contribution is -2.23. The van der Waals surface area contributed by atoms with Crippen molar-refractivity contribution in [3.05, 3.63) is 64.3 Å². The number of nitrogens with one attached hydrogen (secondary N) is 1. The number of sulfonamides is 1. The summed E-state index contributed by atoms with van der Waals surface area (Å²) >= 11 is 0. The molecule has 0 saturated carbocycles. The Labute approximate surface area is 172 Å². The minimum Gasteiger partial charge on any atom is -0.497 e. The Morgan fingerprint density at radius 2 is 1.97 bits per heavy atom. The third-order valence-corrected chi connectivity index (χ3v) is 5.88. The second-order valence-electron chi connectivity index (χ2n) is 6.33. The summed E-state index contributed by atoms with van der Waals surface area (Å²) in [5.74, 6) is -0.00413. The quantitative estimate of drug-likeness (QED) is 0.327. The van der Waals surface area contributed by atoms with Crippen LogP contribution in [-0.4, -0.2) is 38.1 Å². The Kier molecular flexibility index (Phi) is 6.04. The number of hydrogen-bond donors (Lipinski definition) is 1. The van der Waals surface area contributed by atoms with Gasteiger partial charge in [-0.05, 0) is 23.8 Å². The van der Waals surface area contributed by atoms with Crippen LogP contribution < -0.4 is 9.46 Å². The van der Waals surface area contributed by atoms with Gasteiger partial charge in [0.1, 0.15) is 17.2 Å². The molecule has 10 nitrogen and oxygen atoms in total. The Morgan fingerprint density at radius 3 is 2.63 bits per heavy atom. The number of hydrogen-bond acceptors (Lipinski definition) is 7. The molecule has 3 aromatic rings. The van der Waals surface area contributed by atoms with Crippen molar-refractivity contribution in [1.29, 1.82) is 0 Å². The highest BCUT2D eigenvalue weighted by Gasteiger charge is 2.24. The number of non-ortho nitro benzene ring substituents is 1. The highest BCUT2D eigenvalue weighted by atomic mass is 32.2. The molecule has 158 valence electrons. The number of nitro groups is 1. The van der Waals surface area contributed by atoms with Gasteiger partial charge in [0.25, 0.3) is 5.69 Å². The van der Waals surface area contributed by atoms with Crippen molar-refractivity contribution in [2.24, 2.45) is 0 Å². The van der Waals surface area contributed by atoms with E-state index in [2.05, 4.69) is 9.46 Å². The van der Waals surface area contributed by atoms with Crippen molar-refractivity contribution < 1.29 is 27.6 Å². The zero-order valence-electron chi connectivity index (χ0n) is 16.2. The summed E-state index contributed by atoms with van der Waals surface area (Å²) in [6.07, 6.45) is 1.26. The molecule has 0 aliphatic rings. The van der Waals surface area contributed by atoms with Crippen LogP contribution in [0.15, 0.2) is 53.6 Å². The molecule has 1 N–H and O–H groups in total. The molecule has 0 radical (unpaired) electrons. The highest BCUT2D eigenvalue weighted by molar-refractivity contribution is 7.89. The SMILES string of the molecule is COC(=O)Cn1cc(S(=O)(=O)NCc2cccc(OC)c2)c2cc([N+](=O)[O-])ccc21. The van der Waals surface area contributed by atoms with Crippen LogP contribution in [0.5, 0.6) is 5.75 Å². The monoisotopic (exact) mass is 433 g/mol. The van der Waals surface area contributed by atoms with Crippen LogP contribution in [0.1, 0.15) is 5.56 Å². The fourth-order valence-corrected chi connectivity index (χ4v) is 4.18. The van der Waals surface area contributed by atoms with E-state index in [4.69, 9.17) is 4.74 Å². The fourth-order valence-electron chi connectivity index (χ4n) is 2.95. The molecule has 0 aliphatic carbocycles. The maximum absolute atomic E-state index is 13.0. The van der Waals surface area contributed by atoms with Gasteiger partial charge in [0.05, 0.1) is 24.7 Å². The van der Waals surface area contributed by atoms with Gasteiger partial charge in [-0.15, -0.1) is 0 Å². The van der Waals surface area contributed by atoms with Gasteiger partial charge in [-0.25, -0.2) is 13.1 Å². The third kappa shape index (κ3) is 4.42. The lowest BCUT2D eigenvalue weighted by atomic mass is 10.2. The van der Waals surface area contributed by atoms with Crippen LogP contribution in [0, 0.1) is 10.1 Å². The van der Waals surface area contributed by atoms with Crippen LogP contribution in [0.2, 0.25) is 0 Å². The van der Waals surface area contributed by atoms with Crippen LogP contribution in [-0.2, 0) is 32.6 Å². The van der Waals surface area contributed by atoms with Crippen molar-refractivity contribution in [2.75, 3.05) is 14.2 Å². The Bertz CT molecular complexity index is 1220.